The first-order chi connectivity index (χ1) is 6.14. The second kappa shape index (κ2) is 3.29. The van der Waals surface area contributed by atoms with Gasteiger partial charge in [0.1, 0.15) is 0 Å². The van der Waals surface area contributed by atoms with Crippen molar-refractivity contribution < 1.29 is 0 Å². The molecule has 2 unspecified atom stereocenters. The molecule has 2 rings (SSSR count). The van der Waals surface area contributed by atoms with Crippen LogP contribution in [0.5, 0.6) is 0 Å². The molecule has 0 aromatic carbocycles. The third-order valence-electron chi connectivity index (χ3n) is 4.36. The van der Waals surface area contributed by atoms with Crippen LogP contribution < -0.4 is 0 Å². The molecule has 0 amide bonds. The Bertz CT molecular complexity index is 176. The summed E-state index contributed by atoms with van der Waals surface area (Å²) in [5, 5.41) is 0. The lowest BCUT2D eigenvalue weighted by Crippen LogP contribution is -2.20. The molecule has 2 saturated carbocycles. The van der Waals surface area contributed by atoms with Gasteiger partial charge in [0.15, 0.2) is 0 Å². The first kappa shape index (κ1) is 9.55. The fraction of sp³-hybridized carbons (Fsp3) is 1.00. The third kappa shape index (κ3) is 1.78. The van der Waals surface area contributed by atoms with E-state index in [1.54, 1.807) is 12.8 Å². The van der Waals surface area contributed by atoms with Crippen molar-refractivity contribution in [1.82, 2.24) is 0 Å². The van der Waals surface area contributed by atoms with E-state index in [9.17, 15) is 0 Å². The average molecular weight is 180 g/mol. The Morgan fingerprint density at radius 3 is 2.31 bits per heavy atom. The van der Waals surface area contributed by atoms with Crippen LogP contribution in [0.1, 0.15) is 59.3 Å². The van der Waals surface area contributed by atoms with Crippen molar-refractivity contribution in [2.75, 3.05) is 0 Å². The van der Waals surface area contributed by atoms with Gasteiger partial charge in [-0.15, -0.1) is 0 Å². The van der Waals surface area contributed by atoms with E-state index in [-0.39, 0.29) is 0 Å². The monoisotopic (exact) mass is 180 g/mol. The summed E-state index contributed by atoms with van der Waals surface area (Å²) >= 11 is 0. The van der Waals surface area contributed by atoms with Gasteiger partial charge in [-0.25, -0.2) is 0 Å². The molecule has 0 nitrogen and oxygen atoms in total. The van der Waals surface area contributed by atoms with Crippen LogP contribution in [0.25, 0.3) is 0 Å². The average Bonchev–Trinajstić information content (AvgIpc) is 2.65. The topological polar surface area (TPSA) is 0 Å². The van der Waals surface area contributed by atoms with Crippen LogP contribution in [0, 0.1) is 23.2 Å². The maximum Gasteiger partial charge on any atom is -0.0264 e. The minimum Gasteiger partial charge on any atom is -0.0628 e. The summed E-state index contributed by atoms with van der Waals surface area (Å²) in [7, 11) is 0. The standard InChI is InChI=1S/C13H24/c1-10(2)9-13(7-8-13)12-6-4-5-11(12)3/h10-12H,4-9H2,1-3H3. The summed E-state index contributed by atoms with van der Waals surface area (Å²) < 4.78 is 0. The lowest BCUT2D eigenvalue weighted by atomic mass is 9.77. The molecular weight excluding hydrogens is 156 g/mol. The predicted octanol–water partition coefficient (Wildman–Crippen LogP) is 4.25. The lowest BCUT2D eigenvalue weighted by Gasteiger charge is -2.28. The van der Waals surface area contributed by atoms with Crippen LogP contribution in [-0.4, -0.2) is 0 Å². The Labute approximate surface area is 83.1 Å². The third-order valence-corrected chi connectivity index (χ3v) is 4.36. The highest BCUT2D eigenvalue weighted by Gasteiger charge is 2.51. The van der Waals surface area contributed by atoms with Gasteiger partial charge < -0.3 is 0 Å². The zero-order chi connectivity index (χ0) is 9.47. The Kier molecular flexibility index (Phi) is 2.42. The van der Waals surface area contributed by atoms with E-state index < -0.39 is 0 Å². The van der Waals surface area contributed by atoms with Crippen LogP contribution in [0.3, 0.4) is 0 Å². The molecule has 0 radical (unpaired) electrons. The highest BCUT2D eigenvalue weighted by Crippen LogP contribution is 2.61. The minimum atomic E-state index is 0.823. The summed E-state index contributed by atoms with van der Waals surface area (Å²) in [6.07, 6.45) is 9.13. The maximum absolute atomic E-state index is 2.48. The largest absolute Gasteiger partial charge is 0.0628 e. The molecule has 2 atom stereocenters. The summed E-state index contributed by atoms with van der Waals surface area (Å²) in [5.41, 5.74) is 0.823. The Morgan fingerprint density at radius 2 is 1.92 bits per heavy atom. The van der Waals surface area contributed by atoms with E-state index in [1.165, 1.54) is 25.7 Å². The predicted molar refractivity (Wildman–Crippen MR) is 57.6 cm³/mol. The minimum absolute atomic E-state index is 0.823. The number of hydrogen-bond donors (Lipinski definition) is 0. The molecule has 13 heavy (non-hydrogen) atoms. The molecule has 0 saturated heterocycles. The number of rotatable bonds is 3. The van der Waals surface area contributed by atoms with E-state index in [0.29, 0.717) is 0 Å². The number of hydrogen-bond acceptors (Lipinski definition) is 0. The van der Waals surface area contributed by atoms with Crippen molar-refractivity contribution in [2.24, 2.45) is 23.2 Å². The van der Waals surface area contributed by atoms with Gasteiger partial charge in [0.05, 0.1) is 0 Å². The van der Waals surface area contributed by atoms with Crippen molar-refractivity contribution in [2.45, 2.75) is 59.3 Å². The fourth-order valence-corrected chi connectivity index (χ4v) is 3.76. The molecule has 76 valence electrons. The van der Waals surface area contributed by atoms with Crippen LogP contribution in [0.4, 0.5) is 0 Å². The summed E-state index contributed by atoms with van der Waals surface area (Å²) in [4.78, 5) is 0. The van der Waals surface area contributed by atoms with Gasteiger partial charge in [-0.2, -0.15) is 0 Å². The van der Waals surface area contributed by atoms with Gasteiger partial charge in [-0.05, 0) is 48.9 Å². The van der Waals surface area contributed by atoms with Crippen molar-refractivity contribution in [3.8, 4) is 0 Å². The quantitative estimate of drug-likeness (QED) is 0.609. The van der Waals surface area contributed by atoms with Gasteiger partial charge in [-0.3, -0.25) is 0 Å². The summed E-state index contributed by atoms with van der Waals surface area (Å²) in [6.45, 7) is 7.26. The molecule has 2 aliphatic rings. The lowest BCUT2D eigenvalue weighted by molar-refractivity contribution is 0.213. The Morgan fingerprint density at radius 1 is 1.23 bits per heavy atom. The van der Waals surface area contributed by atoms with Crippen molar-refractivity contribution in [3.05, 3.63) is 0 Å². The van der Waals surface area contributed by atoms with E-state index in [0.717, 1.165) is 23.2 Å². The molecule has 0 heteroatoms. The second-order valence-corrected chi connectivity index (χ2v) is 5.98. The van der Waals surface area contributed by atoms with Gasteiger partial charge >= 0.3 is 0 Å². The zero-order valence-electron chi connectivity index (χ0n) is 9.47. The van der Waals surface area contributed by atoms with E-state index in [4.69, 9.17) is 0 Å². The van der Waals surface area contributed by atoms with Gasteiger partial charge in [0.2, 0.25) is 0 Å². The highest BCUT2D eigenvalue weighted by atomic mass is 14.6. The van der Waals surface area contributed by atoms with E-state index >= 15 is 0 Å². The van der Waals surface area contributed by atoms with Gasteiger partial charge in [-0.1, -0.05) is 33.6 Å². The van der Waals surface area contributed by atoms with Crippen LogP contribution in [0.15, 0.2) is 0 Å². The molecule has 0 heterocycles. The van der Waals surface area contributed by atoms with Crippen molar-refractivity contribution in [1.29, 1.82) is 0 Å². The highest BCUT2D eigenvalue weighted by molar-refractivity contribution is 5.01. The molecular formula is C13H24. The molecule has 2 aliphatic carbocycles. The zero-order valence-corrected chi connectivity index (χ0v) is 9.47. The molecule has 0 aromatic rings. The fourth-order valence-electron chi connectivity index (χ4n) is 3.76. The summed E-state index contributed by atoms with van der Waals surface area (Å²) in [6, 6.07) is 0. The normalized spacial score (nSPS) is 36.9. The summed E-state index contributed by atoms with van der Waals surface area (Å²) in [5.74, 6) is 3.03. The molecule has 0 aromatic heterocycles. The van der Waals surface area contributed by atoms with Crippen LogP contribution in [0.2, 0.25) is 0 Å². The molecule has 2 fully saturated rings. The van der Waals surface area contributed by atoms with E-state index in [2.05, 4.69) is 20.8 Å². The second-order valence-electron chi connectivity index (χ2n) is 5.98. The smallest absolute Gasteiger partial charge is 0.0264 e. The van der Waals surface area contributed by atoms with E-state index in [1.807, 2.05) is 0 Å². The SMILES string of the molecule is CC(C)CC1(C2CCCC2C)CC1. The van der Waals surface area contributed by atoms with Crippen LogP contribution in [-0.2, 0) is 0 Å². The first-order valence-electron chi connectivity index (χ1n) is 6.14. The Balaban J connectivity index is 1.98. The maximum atomic E-state index is 2.48. The van der Waals surface area contributed by atoms with Crippen molar-refractivity contribution in [3.63, 3.8) is 0 Å². The van der Waals surface area contributed by atoms with Crippen LogP contribution >= 0.6 is 0 Å². The molecule has 0 aliphatic heterocycles. The molecule has 0 bridgehead atoms. The first-order valence-corrected chi connectivity index (χ1v) is 6.14. The van der Waals surface area contributed by atoms with Gasteiger partial charge in [0, 0.05) is 0 Å². The Hall–Kier alpha value is 0. The molecule has 0 N–H and O–H groups in total. The van der Waals surface area contributed by atoms with Gasteiger partial charge in [0.25, 0.3) is 0 Å². The molecule has 0 spiro atoms. The van der Waals surface area contributed by atoms with Crippen molar-refractivity contribution >= 4 is 0 Å².